The SMILES string of the molecule is CC(C)(C)OC(=O)NC[C@@H]1Cc2ccccc2CN1C(=O)c1ccccc1-n1cc(C(=O)N(c2ccccc2)c2ccccc2)c2ccc(OCc3ccccc3)cc21. The Morgan fingerprint density at radius 3 is 2.00 bits per heavy atom. The molecule has 296 valence electrons. The monoisotopic (exact) mass is 782 g/mol. The van der Waals surface area contributed by atoms with Gasteiger partial charge in [0.05, 0.1) is 28.4 Å². The summed E-state index contributed by atoms with van der Waals surface area (Å²) in [6.45, 7) is 6.39. The second-order valence-electron chi connectivity index (χ2n) is 15.6. The van der Waals surface area contributed by atoms with Crippen LogP contribution in [0.1, 0.15) is 58.2 Å². The molecule has 0 fully saturated rings. The van der Waals surface area contributed by atoms with E-state index in [1.807, 2.05) is 188 Å². The number of para-hydroxylation sites is 3. The summed E-state index contributed by atoms with van der Waals surface area (Å²) < 4.78 is 13.8. The van der Waals surface area contributed by atoms with Crippen molar-refractivity contribution in [3.63, 3.8) is 0 Å². The number of nitrogens with one attached hydrogen (secondary N) is 1. The van der Waals surface area contributed by atoms with Crippen molar-refractivity contribution < 1.29 is 23.9 Å². The molecule has 9 heteroatoms. The number of benzene rings is 6. The van der Waals surface area contributed by atoms with Gasteiger partial charge in [-0.1, -0.05) is 103 Å². The first kappa shape index (κ1) is 38.7. The lowest BCUT2D eigenvalue weighted by molar-refractivity contribution is 0.0474. The Bertz CT molecular complexity index is 2560. The Balaban J connectivity index is 1.22. The molecular weight excluding hydrogens is 737 g/mol. The molecular formula is C50H46N4O5. The summed E-state index contributed by atoms with van der Waals surface area (Å²) in [5.41, 5.74) is 6.19. The minimum absolute atomic E-state index is 0.201. The fourth-order valence-corrected chi connectivity index (χ4v) is 7.61. The third-order valence-electron chi connectivity index (χ3n) is 10.4. The van der Waals surface area contributed by atoms with E-state index in [9.17, 15) is 4.79 Å². The average molecular weight is 783 g/mol. The molecule has 0 saturated carbocycles. The fraction of sp³-hybridized carbons (Fsp3) is 0.180. The van der Waals surface area contributed by atoms with Crippen molar-refractivity contribution in [1.29, 1.82) is 0 Å². The first-order valence-electron chi connectivity index (χ1n) is 19.8. The summed E-state index contributed by atoms with van der Waals surface area (Å²) in [4.78, 5) is 46.4. The summed E-state index contributed by atoms with van der Waals surface area (Å²) in [5, 5.41) is 3.61. The van der Waals surface area contributed by atoms with E-state index in [0.29, 0.717) is 53.0 Å². The average Bonchev–Trinajstić information content (AvgIpc) is 3.64. The topological polar surface area (TPSA) is 93.1 Å². The molecule has 0 saturated heterocycles. The zero-order valence-electron chi connectivity index (χ0n) is 33.4. The molecule has 1 aliphatic heterocycles. The van der Waals surface area contributed by atoms with E-state index in [1.54, 1.807) is 4.90 Å². The number of aromatic nitrogens is 1. The first-order chi connectivity index (χ1) is 28.6. The first-order valence-corrected chi connectivity index (χ1v) is 19.8. The predicted molar refractivity (Wildman–Crippen MR) is 231 cm³/mol. The van der Waals surface area contributed by atoms with Crippen LogP contribution < -0.4 is 15.0 Å². The molecule has 9 nitrogen and oxygen atoms in total. The van der Waals surface area contributed by atoms with Gasteiger partial charge in [-0.2, -0.15) is 0 Å². The van der Waals surface area contributed by atoms with E-state index in [0.717, 1.165) is 28.1 Å². The second-order valence-corrected chi connectivity index (χ2v) is 15.6. The molecule has 6 aromatic carbocycles. The number of alkyl carbamates (subject to hydrolysis) is 1. The lowest BCUT2D eigenvalue weighted by Gasteiger charge is -2.37. The van der Waals surface area contributed by atoms with Gasteiger partial charge >= 0.3 is 6.09 Å². The summed E-state index contributed by atoms with van der Waals surface area (Å²) >= 11 is 0. The molecule has 0 bridgehead atoms. The molecule has 1 aliphatic rings. The number of carbonyl (C=O) groups is 3. The summed E-state index contributed by atoms with van der Waals surface area (Å²) in [7, 11) is 0. The summed E-state index contributed by atoms with van der Waals surface area (Å²) in [5.74, 6) is 0.189. The fourth-order valence-electron chi connectivity index (χ4n) is 7.61. The van der Waals surface area contributed by atoms with Crippen molar-refractivity contribution in [3.05, 3.63) is 192 Å². The van der Waals surface area contributed by atoms with E-state index in [2.05, 4.69) is 11.4 Å². The van der Waals surface area contributed by atoms with Crippen LogP contribution in [0.3, 0.4) is 0 Å². The van der Waals surface area contributed by atoms with Gasteiger partial charge in [0.25, 0.3) is 11.8 Å². The van der Waals surface area contributed by atoms with E-state index < -0.39 is 11.7 Å². The Morgan fingerprint density at radius 2 is 1.32 bits per heavy atom. The van der Waals surface area contributed by atoms with Gasteiger partial charge < -0.3 is 24.3 Å². The van der Waals surface area contributed by atoms with Crippen LogP contribution in [-0.2, 0) is 24.3 Å². The van der Waals surface area contributed by atoms with Crippen molar-refractivity contribution in [2.75, 3.05) is 11.4 Å². The van der Waals surface area contributed by atoms with Gasteiger partial charge in [0, 0.05) is 42.1 Å². The third kappa shape index (κ3) is 8.60. The Labute approximate surface area is 344 Å². The number of amides is 3. The second kappa shape index (κ2) is 16.8. The number of rotatable bonds is 10. The molecule has 1 aromatic heterocycles. The molecule has 0 unspecified atom stereocenters. The summed E-state index contributed by atoms with van der Waals surface area (Å²) in [6.07, 6.45) is 1.85. The van der Waals surface area contributed by atoms with Crippen LogP contribution in [0.5, 0.6) is 5.75 Å². The van der Waals surface area contributed by atoms with Crippen LogP contribution in [-0.4, -0.2) is 45.6 Å². The molecule has 8 rings (SSSR count). The quantitative estimate of drug-likeness (QED) is 0.149. The largest absolute Gasteiger partial charge is 0.489 e. The molecule has 1 N–H and O–H groups in total. The highest BCUT2D eigenvalue weighted by Crippen LogP contribution is 2.35. The zero-order valence-corrected chi connectivity index (χ0v) is 33.4. The third-order valence-corrected chi connectivity index (χ3v) is 10.4. The van der Waals surface area contributed by atoms with Gasteiger partial charge in [-0.25, -0.2) is 4.79 Å². The lowest BCUT2D eigenvalue weighted by Crippen LogP contribution is -2.50. The minimum Gasteiger partial charge on any atom is -0.489 e. The van der Waals surface area contributed by atoms with Crippen molar-refractivity contribution in [2.24, 2.45) is 0 Å². The number of fused-ring (bicyclic) bond motifs is 2. The van der Waals surface area contributed by atoms with Crippen LogP contribution in [0.15, 0.2) is 164 Å². The highest BCUT2D eigenvalue weighted by atomic mass is 16.6. The molecule has 0 spiro atoms. The smallest absolute Gasteiger partial charge is 0.407 e. The number of ether oxygens (including phenoxy) is 2. The predicted octanol–water partition coefficient (Wildman–Crippen LogP) is 10.3. The van der Waals surface area contributed by atoms with Crippen molar-refractivity contribution in [3.8, 4) is 11.4 Å². The van der Waals surface area contributed by atoms with Gasteiger partial charge in [-0.15, -0.1) is 0 Å². The van der Waals surface area contributed by atoms with Crippen molar-refractivity contribution in [1.82, 2.24) is 14.8 Å². The Hall–Kier alpha value is -7.13. The molecule has 3 amide bonds. The Morgan fingerprint density at radius 1 is 0.712 bits per heavy atom. The van der Waals surface area contributed by atoms with Crippen LogP contribution >= 0.6 is 0 Å². The van der Waals surface area contributed by atoms with Crippen LogP contribution in [0.4, 0.5) is 16.2 Å². The van der Waals surface area contributed by atoms with Crippen molar-refractivity contribution in [2.45, 2.75) is 52.0 Å². The molecule has 0 aliphatic carbocycles. The molecule has 1 atom stereocenters. The minimum atomic E-state index is -0.664. The maximum absolute atomic E-state index is 15.0. The van der Waals surface area contributed by atoms with Crippen LogP contribution in [0.25, 0.3) is 16.6 Å². The molecule has 59 heavy (non-hydrogen) atoms. The zero-order chi connectivity index (χ0) is 40.9. The lowest BCUT2D eigenvalue weighted by atomic mass is 9.93. The normalized spacial score (nSPS) is 13.7. The number of hydrogen-bond acceptors (Lipinski definition) is 5. The van der Waals surface area contributed by atoms with Crippen LogP contribution in [0, 0.1) is 0 Å². The van der Waals surface area contributed by atoms with E-state index >= 15 is 9.59 Å². The van der Waals surface area contributed by atoms with E-state index in [1.165, 1.54) is 0 Å². The van der Waals surface area contributed by atoms with Gasteiger partial charge in [-0.05, 0) is 92.4 Å². The molecule has 0 radical (unpaired) electrons. The highest BCUT2D eigenvalue weighted by Gasteiger charge is 2.33. The van der Waals surface area contributed by atoms with E-state index in [4.69, 9.17) is 9.47 Å². The van der Waals surface area contributed by atoms with Gasteiger partial charge in [0.2, 0.25) is 0 Å². The van der Waals surface area contributed by atoms with Gasteiger partial charge in [-0.3, -0.25) is 14.5 Å². The van der Waals surface area contributed by atoms with Gasteiger partial charge in [0.15, 0.2) is 0 Å². The number of hydrogen-bond donors (Lipinski definition) is 1. The number of anilines is 2. The van der Waals surface area contributed by atoms with Crippen molar-refractivity contribution >= 4 is 40.2 Å². The standard InChI is InChI=1S/C50H46N4O5/c1-50(2,3)59-49(57)51-31-40-29-36-19-13-14-20-37(36)32-52(40)47(55)43-25-15-16-26-45(43)53-33-44(42-28-27-41(30-46(42)53)58-34-35-17-7-4-8-18-35)48(56)54(38-21-9-5-10-22-38)39-23-11-6-12-24-39/h4-28,30,33,40H,29,31-32,34H2,1-3H3,(H,51,57)/t40-/m0/s1. The van der Waals surface area contributed by atoms with Crippen LogP contribution in [0.2, 0.25) is 0 Å². The Kier molecular flexibility index (Phi) is 11.0. The highest BCUT2D eigenvalue weighted by molar-refractivity contribution is 6.18. The molecule has 2 heterocycles. The van der Waals surface area contributed by atoms with Gasteiger partial charge in [0.1, 0.15) is 18.0 Å². The number of carbonyl (C=O) groups excluding carboxylic acids is 3. The maximum atomic E-state index is 15.0. The maximum Gasteiger partial charge on any atom is 0.407 e. The van der Waals surface area contributed by atoms with E-state index in [-0.39, 0.29) is 24.4 Å². The summed E-state index contributed by atoms with van der Waals surface area (Å²) in [6, 6.07) is 50.0. The molecule has 7 aromatic rings. The number of nitrogens with zero attached hydrogens (tertiary/aromatic N) is 3.